The topological polar surface area (TPSA) is 50.7 Å². The molecular weight excluding hydrogens is 395 g/mol. The van der Waals surface area contributed by atoms with Gasteiger partial charge in [0.15, 0.2) is 28.9 Å². The first kappa shape index (κ1) is 20.6. The average Bonchev–Trinajstić information content (AvgIpc) is 2.62. The third-order valence-electron chi connectivity index (χ3n) is 3.34. The van der Waals surface area contributed by atoms with E-state index in [0.29, 0.717) is 17.0 Å². The molecule has 0 heterocycles. The Morgan fingerprint density at radius 1 is 1.00 bits per heavy atom. The summed E-state index contributed by atoms with van der Waals surface area (Å²) in [4.78, 5) is 12.1. The second-order valence-electron chi connectivity index (χ2n) is 5.75. The Labute approximate surface area is 155 Å². The number of ether oxygens (including phenoxy) is 1. The van der Waals surface area contributed by atoms with E-state index in [1.165, 1.54) is 38.1 Å². The quantitative estimate of drug-likeness (QED) is 0.264. The van der Waals surface area contributed by atoms with Gasteiger partial charge in [-0.3, -0.25) is 4.79 Å². The molecule has 27 heavy (non-hydrogen) atoms. The molecule has 0 bridgehead atoms. The van der Waals surface area contributed by atoms with Crippen molar-refractivity contribution >= 4 is 23.7 Å². The van der Waals surface area contributed by atoms with Gasteiger partial charge in [-0.25, -0.2) is 27.4 Å². The zero-order valence-electron chi connectivity index (χ0n) is 13.9. The van der Waals surface area contributed by atoms with Crippen molar-refractivity contribution in [2.45, 2.75) is 19.4 Å². The summed E-state index contributed by atoms with van der Waals surface area (Å²) in [7, 11) is 0. The SMILES string of the molecule is CC(C)(Oc1ccc(Cl)cc1)C(=O)NN=Cc1c(F)c(F)c(F)c(F)c1F. The van der Waals surface area contributed by atoms with Crippen LogP contribution < -0.4 is 10.2 Å². The molecule has 4 nitrogen and oxygen atoms in total. The summed E-state index contributed by atoms with van der Waals surface area (Å²) in [6, 6.07) is 6.09. The van der Waals surface area contributed by atoms with Crippen LogP contribution in [0.4, 0.5) is 22.0 Å². The molecule has 0 fully saturated rings. The largest absolute Gasteiger partial charge is 0.478 e. The van der Waals surface area contributed by atoms with Crippen LogP contribution >= 0.6 is 11.6 Å². The molecule has 0 aliphatic rings. The Bertz CT molecular complexity index is 872. The van der Waals surface area contributed by atoms with E-state index in [4.69, 9.17) is 16.3 Å². The average molecular weight is 407 g/mol. The van der Waals surface area contributed by atoms with Gasteiger partial charge in [-0.2, -0.15) is 5.10 Å². The maximum Gasteiger partial charge on any atom is 0.283 e. The van der Waals surface area contributed by atoms with Crippen LogP contribution in [-0.4, -0.2) is 17.7 Å². The summed E-state index contributed by atoms with van der Waals surface area (Å²) < 4.78 is 71.7. The minimum Gasteiger partial charge on any atom is -0.478 e. The number of carbonyl (C=O) groups excluding carboxylic acids is 1. The second-order valence-corrected chi connectivity index (χ2v) is 6.19. The molecule has 0 saturated carbocycles. The van der Waals surface area contributed by atoms with Crippen LogP contribution in [0.25, 0.3) is 0 Å². The van der Waals surface area contributed by atoms with E-state index in [1.54, 1.807) is 0 Å². The molecule has 1 amide bonds. The highest BCUT2D eigenvalue weighted by Gasteiger charge is 2.30. The van der Waals surface area contributed by atoms with Gasteiger partial charge < -0.3 is 4.74 Å². The van der Waals surface area contributed by atoms with Gasteiger partial charge in [-0.15, -0.1) is 0 Å². The van der Waals surface area contributed by atoms with E-state index in [0.717, 1.165) is 0 Å². The fraction of sp³-hybridized carbons (Fsp3) is 0.176. The van der Waals surface area contributed by atoms with Crippen LogP contribution in [-0.2, 0) is 4.79 Å². The van der Waals surface area contributed by atoms with E-state index < -0.39 is 46.2 Å². The number of hydrazone groups is 1. The molecule has 0 unspecified atom stereocenters. The van der Waals surface area contributed by atoms with Crippen molar-refractivity contribution in [3.05, 3.63) is 63.9 Å². The molecular formula is C17H12ClF5N2O2. The van der Waals surface area contributed by atoms with Gasteiger partial charge in [-0.1, -0.05) is 11.6 Å². The van der Waals surface area contributed by atoms with Crippen LogP contribution in [0, 0.1) is 29.1 Å². The molecule has 144 valence electrons. The Balaban J connectivity index is 2.14. The molecule has 2 aromatic rings. The van der Waals surface area contributed by atoms with E-state index in [-0.39, 0.29) is 0 Å². The van der Waals surface area contributed by atoms with Crippen LogP contribution in [0.1, 0.15) is 19.4 Å². The molecule has 0 saturated heterocycles. The lowest BCUT2D eigenvalue weighted by Crippen LogP contribution is -2.44. The minimum atomic E-state index is -2.29. The molecule has 0 aromatic heterocycles. The van der Waals surface area contributed by atoms with Gasteiger partial charge in [0.25, 0.3) is 5.91 Å². The lowest BCUT2D eigenvalue weighted by molar-refractivity contribution is -0.134. The van der Waals surface area contributed by atoms with Crippen LogP contribution in [0.2, 0.25) is 5.02 Å². The first-order valence-electron chi connectivity index (χ1n) is 7.34. The van der Waals surface area contributed by atoms with E-state index in [1.807, 2.05) is 5.43 Å². The van der Waals surface area contributed by atoms with Gasteiger partial charge in [0.05, 0.1) is 11.8 Å². The summed E-state index contributed by atoms with van der Waals surface area (Å²) in [5.41, 5.74) is -0.841. The van der Waals surface area contributed by atoms with Crippen molar-refractivity contribution in [1.82, 2.24) is 5.43 Å². The number of benzene rings is 2. The van der Waals surface area contributed by atoms with Crippen LogP contribution in [0.3, 0.4) is 0 Å². The van der Waals surface area contributed by atoms with Crippen LogP contribution in [0.5, 0.6) is 5.75 Å². The monoisotopic (exact) mass is 406 g/mol. The summed E-state index contributed by atoms with van der Waals surface area (Å²) in [5, 5.41) is 3.69. The Morgan fingerprint density at radius 3 is 2.00 bits per heavy atom. The van der Waals surface area contributed by atoms with Crippen molar-refractivity contribution < 1.29 is 31.5 Å². The van der Waals surface area contributed by atoms with Gasteiger partial charge in [-0.05, 0) is 38.1 Å². The molecule has 2 rings (SSSR count). The Hall–Kier alpha value is -2.68. The maximum atomic E-state index is 13.5. The van der Waals surface area contributed by atoms with Gasteiger partial charge >= 0.3 is 0 Å². The molecule has 0 atom stereocenters. The molecule has 2 aromatic carbocycles. The summed E-state index contributed by atoms with van der Waals surface area (Å²) in [6.45, 7) is 2.76. The van der Waals surface area contributed by atoms with Crippen LogP contribution in [0.15, 0.2) is 29.4 Å². The minimum absolute atomic E-state index is 0.309. The van der Waals surface area contributed by atoms with Gasteiger partial charge in [0, 0.05) is 5.02 Å². The zero-order chi connectivity index (χ0) is 20.4. The molecule has 1 N–H and O–H groups in total. The number of nitrogens with zero attached hydrogens (tertiary/aromatic N) is 1. The number of hydrogen-bond acceptors (Lipinski definition) is 3. The Morgan fingerprint density at radius 2 is 1.48 bits per heavy atom. The van der Waals surface area contributed by atoms with Crippen molar-refractivity contribution in [3.63, 3.8) is 0 Å². The highest BCUT2D eigenvalue weighted by molar-refractivity contribution is 6.30. The lowest BCUT2D eigenvalue weighted by Gasteiger charge is -2.24. The predicted molar refractivity (Wildman–Crippen MR) is 88.1 cm³/mol. The van der Waals surface area contributed by atoms with Gasteiger partial charge in [0.1, 0.15) is 5.75 Å². The van der Waals surface area contributed by atoms with E-state index in [2.05, 4.69) is 5.10 Å². The number of halogens is 6. The number of amides is 1. The van der Waals surface area contributed by atoms with Crippen molar-refractivity contribution in [3.8, 4) is 5.75 Å². The molecule has 0 radical (unpaired) electrons. The first-order chi connectivity index (χ1) is 12.5. The smallest absolute Gasteiger partial charge is 0.283 e. The normalized spacial score (nSPS) is 11.7. The molecule has 0 aliphatic carbocycles. The third-order valence-corrected chi connectivity index (χ3v) is 3.59. The molecule has 0 spiro atoms. The lowest BCUT2D eigenvalue weighted by atomic mass is 10.1. The number of rotatable bonds is 5. The first-order valence-corrected chi connectivity index (χ1v) is 7.72. The highest BCUT2D eigenvalue weighted by atomic mass is 35.5. The predicted octanol–water partition coefficient (Wildman–Crippen LogP) is 4.34. The summed E-state index contributed by atoms with van der Waals surface area (Å²) in [6.07, 6.45) is 0.312. The van der Waals surface area contributed by atoms with Gasteiger partial charge in [0.2, 0.25) is 5.82 Å². The fourth-order valence-electron chi connectivity index (χ4n) is 1.87. The van der Waals surface area contributed by atoms with E-state index >= 15 is 0 Å². The fourth-order valence-corrected chi connectivity index (χ4v) is 1.99. The number of nitrogens with one attached hydrogen (secondary N) is 1. The van der Waals surface area contributed by atoms with Crippen molar-refractivity contribution in [2.24, 2.45) is 5.10 Å². The Kier molecular flexibility index (Phi) is 6.04. The number of hydrogen-bond donors (Lipinski definition) is 1. The maximum absolute atomic E-state index is 13.5. The van der Waals surface area contributed by atoms with Crippen molar-refractivity contribution in [2.75, 3.05) is 0 Å². The van der Waals surface area contributed by atoms with E-state index in [9.17, 15) is 26.7 Å². The third kappa shape index (κ3) is 4.54. The zero-order valence-corrected chi connectivity index (χ0v) is 14.7. The highest BCUT2D eigenvalue weighted by Crippen LogP contribution is 2.22. The second kappa shape index (κ2) is 7.91. The standard InChI is InChI=1S/C17H12ClF5N2O2/c1-17(2,27-9-5-3-8(18)4-6-9)16(26)25-24-7-10-11(19)13(21)15(23)14(22)12(10)20/h3-7H,1-2H3,(H,25,26). The summed E-state index contributed by atoms with van der Waals surface area (Å²) in [5.74, 6) is -11.2. The number of carbonyl (C=O) groups is 1. The molecule has 0 aliphatic heterocycles. The summed E-state index contributed by atoms with van der Waals surface area (Å²) >= 11 is 5.74. The van der Waals surface area contributed by atoms with Crippen molar-refractivity contribution in [1.29, 1.82) is 0 Å². The molecule has 10 heteroatoms.